The lowest BCUT2D eigenvalue weighted by Gasteiger charge is -2.20. The number of carbonyl (C=O) groups is 2. The number of aliphatic hydroxyl groups is 1. The zero-order valence-electron chi connectivity index (χ0n) is 20.4. The van der Waals surface area contributed by atoms with E-state index >= 15 is 0 Å². The van der Waals surface area contributed by atoms with E-state index in [2.05, 4.69) is 15.9 Å². The van der Waals surface area contributed by atoms with Crippen molar-refractivity contribution in [3.8, 4) is 11.5 Å². The fourth-order valence-electron chi connectivity index (χ4n) is 2.67. The zero-order valence-corrected chi connectivity index (χ0v) is 22.0. The smallest absolute Gasteiger partial charge is 0.416 e. The molecule has 0 amide bonds. The first-order valence-electron chi connectivity index (χ1n) is 10.6. The summed E-state index contributed by atoms with van der Waals surface area (Å²) in [7, 11) is 0. The lowest BCUT2D eigenvalue weighted by atomic mass is 10.1. The molecule has 7 nitrogen and oxygen atoms in total. The van der Waals surface area contributed by atoms with Crippen molar-refractivity contribution in [1.29, 1.82) is 0 Å². The predicted molar refractivity (Wildman–Crippen MR) is 126 cm³/mol. The van der Waals surface area contributed by atoms with Crippen LogP contribution < -0.4 is 9.47 Å². The maximum Gasteiger partial charge on any atom is 0.416 e. The molecule has 2 rings (SSSR count). The Morgan fingerprint density at radius 3 is 1.66 bits per heavy atom. The summed E-state index contributed by atoms with van der Waals surface area (Å²) in [4.78, 5) is 21.7. The fraction of sp³-hybridized carbons (Fsp3) is 0.417. The molecule has 0 unspecified atom stereocenters. The first kappa shape index (κ1) is 33.0. The number of ether oxygens (including phenoxy) is 3. The number of hydrogen-bond donors (Lipinski definition) is 2. The van der Waals surface area contributed by atoms with E-state index in [-0.39, 0.29) is 28.0 Å². The van der Waals surface area contributed by atoms with Crippen molar-refractivity contribution in [1.82, 2.24) is 0 Å². The molecule has 212 valence electrons. The van der Waals surface area contributed by atoms with Crippen molar-refractivity contribution in [2.45, 2.75) is 50.7 Å². The van der Waals surface area contributed by atoms with E-state index in [0.29, 0.717) is 0 Å². The van der Waals surface area contributed by atoms with E-state index in [9.17, 15) is 35.9 Å². The molecule has 38 heavy (non-hydrogen) atoms. The maximum atomic E-state index is 12.5. The van der Waals surface area contributed by atoms with E-state index in [1.54, 1.807) is 20.8 Å². The quantitative estimate of drug-likeness (QED) is 0.213. The van der Waals surface area contributed by atoms with Gasteiger partial charge in [-0.15, -0.1) is 0 Å². The largest absolute Gasteiger partial charge is 0.482 e. The van der Waals surface area contributed by atoms with E-state index < -0.39 is 60.8 Å². The van der Waals surface area contributed by atoms with E-state index in [1.165, 1.54) is 0 Å². The Kier molecular flexibility index (Phi) is 11.9. The van der Waals surface area contributed by atoms with Gasteiger partial charge in [0.1, 0.15) is 17.1 Å². The van der Waals surface area contributed by atoms with Crippen molar-refractivity contribution in [2.24, 2.45) is 0 Å². The summed E-state index contributed by atoms with van der Waals surface area (Å²) in [5, 5.41) is 17.6. The van der Waals surface area contributed by atoms with Gasteiger partial charge in [0.05, 0.1) is 17.7 Å². The van der Waals surface area contributed by atoms with Crippen molar-refractivity contribution in [2.75, 3.05) is 13.2 Å². The summed E-state index contributed by atoms with van der Waals surface area (Å²) >= 11 is 3.02. The minimum atomic E-state index is -4.51. The molecule has 0 radical (unpaired) electrons. The van der Waals surface area contributed by atoms with Gasteiger partial charge in [0.25, 0.3) is 0 Å². The van der Waals surface area contributed by atoms with Gasteiger partial charge in [0, 0.05) is 16.5 Å². The van der Waals surface area contributed by atoms with Gasteiger partial charge >= 0.3 is 24.3 Å². The van der Waals surface area contributed by atoms with Crippen LogP contribution in [0.25, 0.3) is 0 Å². The van der Waals surface area contributed by atoms with E-state index in [0.717, 1.165) is 36.4 Å². The first-order valence-corrected chi connectivity index (χ1v) is 11.8. The Hall–Kier alpha value is -3.00. The van der Waals surface area contributed by atoms with Crippen LogP contribution in [0, 0.1) is 0 Å². The molecule has 0 saturated carbocycles. The van der Waals surface area contributed by atoms with Crippen LogP contribution in [0.15, 0.2) is 36.4 Å². The Balaban J connectivity index is 0.000000389. The first-order chi connectivity index (χ1) is 17.4. The number of alkyl halides is 7. The number of rotatable bonds is 8. The second-order valence-corrected chi connectivity index (χ2v) is 9.05. The third-order valence-corrected chi connectivity index (χ3v) is 4.81. The van der Waals surface area contributed by atoms with Gasteiger partial charge in [-0.3, -0.25) is 0 Å². The van der Waals surface area contributed by atoms with Crippen LogP contribution in [-0.2, 0) is 38.6 Å². The van der Waals surface area contributed by atoms with Gasteiger partial charge in [-0.05, 0) is 57.2 Å². The molecule has 2 aromatic rings. The average Bonchev–Trinajstić information content (AvgIpc) is 2.79. The highest BCUT2D eigenvalue weighted by molar-refractivity contribution is 9.08. The topological polar surface area (TPSA) is 102 Å². The van der Waals surface area contributed by atoms with Crippen LogP contribution in [0.3, 0.4) is 0 Å². The molecule has 14 heteroatoms. The molecule has 2 N–H and O–H groups in total. The Bertz CT molecular complexity index is 1100. The minimum absolute atomic E-state index is 0.0105. The molecule has 0 spiro atoms. The number of halogens is 7. The fourth-order valence-corrected chi connectivity index (χ4v) is 3.11. The standard InChI is InChI=1S/C14H17F3O4.C10H8BrF3O3/c1-13(2,3)21-12(19)8-20-11-5-4-10(14(15,16)17)6-9(11)7-18;11-4-6-3-7(10(12,13)14)1-2-8(6)17-5-9(15)16/h4-6,18H,7-8H2,1-3H3;1-3H,4-5H2,(H,15,16). The number of esters is 1. The van der Waals surface area contributed by atoms with Crippen LogP contribution in [0.1, 0.15) is 43.0 Å². The van der Waals surface area contributed by atoms with Gasteiger partial charge in [-0.1, -0.05) is 15.9 Å². The van der Waals surface area contributed by atoms with Crippen LogP contribution >= 0.6 is 15.9 Å². The van der Waals surface area contributed by atoms with Gasteiger partial charge in [0.2, 0.25) is 0 Å². The molecule has 0 bridgehead atoms. The number of hydrogen-bond acceptors (Lipinski definition) is 6. The SMILES string of the molecule is CC(C)(C)OC(=O)COc1ccc(C(F)(F)F)cc1CO.O=C(O)COc1ccc(C(F)(F)F)cc1CBr. The summed E-state index contributed by atoms with van der Waals surface area (Å²) in [6, 6.07) is 5.56. The summed E-state index contributed by atoms with van der Waals surface area (Å²) in [5.41, 5.74) is -2.17. The van der Waals surface area contributed by atoms with E-state index in [1.807, 2.05) is 0 Å². The monoisotopic (exact) mass is 618 g/mol. The summed E-state index contributed by atoms with van der Waals surface area (Å²) < 4.78 is 89.8. The number of carbonyl (C=O) groups excluding carboxylic acids is 1. The molecule has 2 aromatic carbocycles. The molecular weight excluding hydrogens is 594 g/mol. The normalized spacial score (nSPS) is 11.8. The van der Waals surface area contributed by atoms with Gasteiger partial charge in [0.15, 0.2) is 13.2 Å². The third kappa shape index (κ3) is 11.6. The Morgan fingerprint density at radius 1 is 0.816 bits per heavy atom. The zero-order chi connectivity index (χ0) is 29.3. The second-order valence-electron chi connectivity index (χ2n) is 8.49. The van der Waals surface area contributed by atoms with Crippen LogP contribution in [0.4, 0.5) is 26.3 Å². The molecule has 0 aliphatic rings. The number of carboxylic acids is 1. The number of aliphatic carboxylic acids is 1. The molecule has 0 fully saturated rings. The number of aliphatic hydroxyl groups excluding tert-OH is 1. The molecule has 0 saturated heterocycles. The number of benzene rings is 2. The lowest BCUT2D eigenvalue weighted by Crippen LogP contribution is -2.27. The Morgan fingerprint density at radius 2 is 1.26 bits per heavy atom. The van der Waals surface area contributed by atoms with Crippen LogP contribution in [0.2, 0.25) is 0 Å². The van der Waals surface area contributed by atoms with Gasteiger partial charge in [-0.2, -0.15) is 26.3 Å². The van der Waals surface area contributed by atoms with Crippen LogP contribution in [-0.4, -0.2) is 41.0 Å². The molecule has 0 aromatic heterocycles. The van der Waals surface area contributed by atoms with E-state index in [4.69, 9.17) is 24.4 Å². The third-order valence-electron chi connectivity index (χ3n) is 4.21. The van der Waals surface area contributed by atoms with Crippen molar-refractivity contribution in [3.05, 3.63) is 58.7 Å². The van der Waals surface area contributed by atoms with Crippen molar-refractivity contribution < 1.29 is 60.4 Å². The predicted octanol–water partition coefficient (Wildman–Crippen LogP) is 5.98. The molecule has 0 aliphatic carbocycles. The summed E-state index contributed by atoms with van der Waals surface area (Å²) in [5.74, 6) is -1.70. The molecule has 0 heterocycles. The van der Waals surface area contributed by atoms with Crippen molar-refractivity contribution in [3.63, 3.8) is 0 Å². The number of carboxylic acid groups (broad SMARTS) is 1. The summed E-state index contributed by atoms with van der Waals surface area (Å²) in [6.45, 7) is 3.38. The highest BCUT2D eigenvalue weighted by Crippen LogP contribution is 2.34. The van der Waals surface area contributed by atoms with Crippen LogP contribution in [0.5, 0.6) is 11.5 Å². The maximum absolute atomic E-state index is 12.5. The molecule has 0 atom stereocenters. The minimum Gasteiger partial charge on any atom is -0.482 e. The second kappa shape index (κ2) is 13.7. The Labute approximate surface area is 222 Å². The lowest BCUT2D eigenvalue weighted by molar-refractivity contribution is -0.157. The molecular formula is C24H25BrF6O7. The van der Waals surface area contributed by atoms with Gasteiger partial charge < -0.3 is 24.4 Å². The molecule has 0 aliphatic heterocycles. The van der Waals surface area contributed by atoms with Gasteiger partial charge in [-0.25, -0.2) is 9.59 Å². The summed E-state index contributed by atoms with van der Waals surface area (Å²) in [6.07, 6.45) is -8.93. The van der Waals surface area contributed by atoms with Crippen molar-refractivity contribution >= 4 is 27.9 Å². The highest BCUT2D eigenvalue weighted by Gasteiger charge is 2.32. The average molecular weight is 619 g/mol. The highest BCUT2D eigenvalue weighted by atomic mass is 79.9.